The van der Waals surface area contributed by atoms with Crippen LogP contribution >= 0.6 is 0 Å². The fourth-order valence-corrected chi connectivity index (χ4v) is 1.93. The predicted molar refractivity (Wildman–Crippen MR) is 67.6 cm³/mol. The van der Waals surface area contributed by atoms with Crippen molar-refractivity contribution in [3.8, 4) is 0 Å². The lowest BCUT2D eigenvalue weighted by Crippen LogP contribution is -2.41. The first kappa shape index (κ1) is 11.9. The zero-order valence-electron chi connectivity index (χ0n) is 9.89. The molecule has 1 fully saturated rings. The normalized spacial score (nSPS) is 15.6. The summed E-state index contributed by atoms with van der Waals surface area (Å²) >= 11 is 0. The minimum atomic E-state index is 0.175. The highest BCUT2D eigenvalue weighted by atomic mass is 16.5. The van der Waals surface area contributed by atoms with Gasteiger partial charge in [-0.2, -0.15) is 0 Å². The van der Waals surface area contributed by atoms with Crippen LogP contribution < -0.4 is 0 Å². The Morgan fingerprint density at radius 1 is 1.41 bits per heavy atom. The lowest BCUT2D eigenvalue weighted by Gasteiger charge is -2.26. The number of carbonyl (C=O) groups is 1. The zero-order valence-corrected chi connectivity index (χ0v) is 9.89. The summed E-state index contributed by atoms with van der Waals surface area (Å²) in [5.41, 5.74) is 2.09. The molecule has 1 amide bonds. The smallest absolute Gasteiger partial charge is 0.227 e. The zero-order chi connectivity index (χ0) is 12.1. The summed E-state index contributed by atoms with van der Waals surface area (Å²) < 4.78 is 5.23. The Bertz CT molecular complexity index is 408. The van der Waals surface area contributed by atoms with Gasteiger partial charge in [0.2, 0.25) is 5.91 Å². The summed E-state index contributed by atoms with van der Waals surface area (Å²) in [5.74, 6) is 0.175. The van der Waals surface area contributed by atoms with Gasteiger partial charge >= 0.3 is 0 Å². The average Bonchev–Trinajstić information content (AvgIpc) is 2.40. The number of ether oxygens (including phenoxy) is 1. The quantitative estimate of drug-likeness (QED) is 0.793. The maximum atomic E-state index is 12.0. The highest BCUT2D eigenvalue weighted by molar-refractivity contribution is 5.79. The Balaban J connectivity index is 1.99. The molecule has 0 aromatic heterocycles. The lowest BCUT2D eigenvalue weighted by atomic mass is 10.1. The molecular weight excluding hydrogens is 214 g/mol. The lowest BCUT2D eigenvalue weighted by molar-refractivity contribution is -0.134. The predicted octanol–water partition coefficient (Wildman–Crippen LogP) is 1.73. The van der Waals surface area contributed by atoms with Crippen LogP contribution in [0.3, 0.4) is 0 Å². The Morgan fingerprint density at radius 3 is 2.88 bits per heavy atom. The van der Waals surface area contributed by atoms with E-state index in [9.17, 15) is 4.79 Å². The van der Waals surface area contributed by atoms with Crippen molar-refractivity contribution < 1.29 is 9.53 Å². The van der Waals surface area contributed by atoms with E-state index in [-0.39, 0.29) is 5.91 Å². The van der Waals surface area contributed by atoms with Gasteiger partial charge in [0.15, 0.2) is 0 Å². The molecule has 2 rings (SSSR count). The molecule has 0 bridgehead atoms. The fraction of sp³-hybridized carbons (Fsp3) is 0.357. The van der Waals surface area contributed by atoms with Crippen molar-refractivity contribution in [2.45, 2.75) is 6.42 Å². The number of nitrogens with zero attached hydrogens (tertiary/aromatic N) is 1. The number of hydrogen-bond donors (Lipinski definition) is 0. The minimum Gasteiger partial charge on any atom is -0.378 e. The van der Waals surface area contributed by atoms with E-state index in [0.717, 1.165) is 11.1 Å². The number of morpholine rings is 1. The van der Waals surface area contributed by atoms with Crippen molar-refractivity contribution in [1.82, 2.24) is 4.90 Å². The van der Waals surface area contributed by atoms with Gasteiger partial charge in [0.25, 0.3) is 0 Å². The SMILES string of the molecule is C=Cc1cccc(CC(=O)N2CCOCC2)c1. The van der Waals surface area contributed by atoms with Crippen LogP contribution in [0.15, 0.2) is 30.8 Å². The van der Waals surface area contributed by atoms with E-state index in [4.69, 9.17) is 4.74 Å². The van der Waals surface area contributed by atoms with E-state index < -0.39 is 0 Å². The molecule has 1 saturated heterocycles. The van der Waals surface area contributed by atoms with Gasteiger partial charge in [-0.1, -0.05) is 36.9 Å². The number of rotatable bonds is 3. The van der Waals surface area contributed by atoms with Gasteiger partial charge in [-0.05, 0) is 11.1 Å². The molecule has 90 valence electrons. The summed E-state index contributed by atoms with van der Waals surface area (Å²) in [5, 5.41) is 0. The van der Waals surface area contributed by atoms with Crippen LogP contribution in [0.5, 0.6) is 0 Å². The van der Waals surface area contributed by atoms with Crippen LogP contribution in [-0.2, 0) is 16.0 Å². The van der Waals surface area contributed by atoms with Crippen LogP contribution in [0, 0.1) is 0 Å². The van der Waals surface area contributed by atoms with Crippen LogP contribution in [0.1, 0.15) is 11.1 Å². The second-order valence-corrected chi connectivity index (χ2v) is 4.12. The van der Waals surface area contributed by atoms with Crippen molar-refractivity contribution in [2.75, 3.05) is 26.3 Å². The molecule has 0 radical (unpaired) electrons. The van der Waals surface area contributed by atoms with Gasteiger partial charge in [-0.25, -0.2) is 0 Å². The minimum absolute atomic E-state index is 0.175. The molecular formula is C14H17NO2. The van der Waals surface area contributed by atoms with Crippen LogP contribution in [0.25, 0.3) is 6.08 Å². The Labute approximate surface area is 102 Å². The third-order valence-electron chi connectivity index (χ3n) is 2.91. The van der Waals surface area contributed by atoms with Gasteiger partial charge in [-0.15, -0.1) is 0 Å². The van der Waals surface area contributed by atoms with E-state index in [2.05, 4.69) is 6.58 Å². The summed E-state index contributed by atoms with van der Waals surface area (Å²) in [7, 11) is 0. The highest BCUT2D eigenvalue weighted by Gasteiger charge is 2.16. The molecule has 0 saturated carbocycles. The van der Waals surface area contributed by atoms with Gasteiger partial charge in [-0.3, -0.25) is 4.79 Å². The summed E-state index contributed by atoms with van der Waals surface area (Å²) in [6, 6.07) is 7.92. The second-order valence-electron chi connectivity index (χ2n) is 4.12. The maximum Gasteiger partial charge on any atom is 0.227 e. The third-order valence-corrected chi connectivity index (χ3v) is 2.91. The summed E-state index contributed by atoms with van der Waals surface area (Å²) in [6.45, 7) is 6.45. The third kappa shape index (κ3) is 3.17. The van der Waals surface area contributed by atoms with Crippen LogP contribution in [-0.4, -0.2) is 37.1 Å². The Morgan fingerprint density at radius 2 is 2.18 bits per heavy atom. The molecule has 3 nitrogen and oxygen atoms in total. The van der Waals surface area contributed by atoms with Crippen molar-refractivity contribution in [2.24, 2.45) is 0 Å². The Hall–Kier alpha value is -1.61. The molecule has 0 spiro atoms. The molecule has 0 atom stereocenters. The topological polar surface area (TPSA) is 29.5 Å². The number of carbonyl (C=O) groups excluding carboxylic acids is 1. The van der Waals surface area contributed by atoms with Gasteiger partial charge < -0.3 is 9.64 Å². The van der Waals surface area contributed by atoms with Gasteiger partial charge in [0, 0.05) is 13.1 Å². The first-order chi connectivity index (χ1) is 8.29. The van der Waals surface area contributed by atoms with E-state index in [0.29, 0.717) is 32.7 Å². The van der Waals surface area contributed by atoms with Gasteiger partial charge in [0.05, 0.1) is 19.6 Å². The Kier molecular flexibility index (Phi) is 3.94. The van der Waals surface area contributed by atoms with Crippen LogP contribution in [0.4, 0.5) is 0 Å². The maximum absolute atomic E-state index is 12.0. The van der Waals surface area contributed by atoms with Gasteiger partial charge in [0.1, 0.15) is 0 Å². The molecule has 0 N–H and O–H groups in total. The highest BCUT2D eigenvalue weighted by Crippen LogP contribution is 2.09. The molecule has 1 heterocycles. The standard InChI is InChI=1S/C14H17NO2/c1-2-12-4-3-5-13(10-12)11-14(16)15-6-8-17-9-7-15/h2-5,10H,1,6-9,11H2. The van der Waals surface area contributed by atoms with Crippen molar-refractivity contribution in [3.05, 3.63) is 42.0 Å². The first-order valence-corrected chi connectivity index (χ1v) is 5.86. The fourth-order valence-electron chi connectivity index (χ4n) is 1.93. The van der Waals surface area contributed by atoms with Crippen molar-refractivity contribution in [3.63, 3.8) is 0 Å². The largest absolute Gasteiger partial charge is 0.378 e. The van der Waals surface area contributed by atoms with Crippen molar-refractivity contribution in [1.29, 1.82) is 0 Å². The molecule has 1 aromatic carbocycles. The van der Waals surface area contributed by atoms with E-state index >= 15 is 0 Å². The van der Waals surface area contributed by atoms with Crippen LogP contribution in [0.2, 0.25) is 0 Å². The molecule has 17 heavy (non-hydrogen) atoms. The summed E-state index contributed by atoms with van der Waals surface area (Å²) in [4.78, 5) is 13.9. The van der Waals surface area contributed by atoms with E-state index in [1.54, 1.807) is 6.08 Å². The molecule has 1 aromatic rings. The average molecular weight is 231 g/mol. The van der Waals surface area contributed by atoms with E-state index in [1.807, 2.05) is 29.2 Å². The molecule has 0 unspecified atom stereocenters. The van der Waals surface area contributed by atoms with E-state index in [1.165, 1.54) is 0 Å². The molecule has 0 aliphatic carbocycles. The summed E-state index contributed by atoms with van der Waals surface area (Å²) in [6.07, 6.45) is 2.25. The molecule has 3 heteroatoms. The number of benzene rings is 1. The molecule has 1 aliphatic rings. The van der Waals surface area contributed by atoms with Crippen molar-refractivity contribution >= 4 is 12.0 Å². The number of hydrogen-bond acceptors (Lipinski definition) is 2. The first-order valence-electron chi connectivity index (χ1n) is 5.86. The monoisotopic (exact) mass is 231 g/mol. The second kappa shape index (κ2) is 5.64. The molecule has 1 aliphatic heterocycles. The number of amides is 1.